The summed E-state index contributed by atoms with van der Waals surface area (Å²) in [6.45, 7) is 2.52. The fraction of sp³-hybridized carbons (Fsp3) is 0.444. The lowest BCUT2D eigenvalue weighted by Crippen LogP contribution is -2.36. The van der Waals surface area contributed by atoms with Crippen LogP contribution >= 0.6 is 11.3 Å². The molecule has 1 aromatic carbocycles. The van der Waals surface area contributed by atoms with Crippen LogP contribution in [0.4, 0.5) is 9.52 Å². The summed E-state index contributed by atoms with van der Waals surface area (Å²) in [5.41, 5.74) is 1.64. The summed E-state index contributed by atoms with van der Waals surface area (Å²) in [6.07, 6.45) is 2.43. The molecule has 0 saturated carbocycles. The molecule has 3 rings (SSSR count). The Morgan fingerprint density at radius 2 is 2.00 bits per heavy atom. The molecule has 1 unspecified atom stereocenters. The number of nitrogens with one attached hydrogen (secondary N) is 1. The van der Waals surface area contributed by atoms with E-state index < -0.39 is 6.04 Å². The second-order valence-electron chi connectivity index (χ2n) is 6.45. The summed E-state index contributed by atoms with van der Waals surface area (Å²) in [7, 11) is 3.67. The van der Waals surface area contributed by atoms with Gasteiger partial charge in [0, 0.05) is 18.5 Å². The van der Waals surface area contributed by atoms with Crippen molar-refractivity contribution in [2.24, 2.45) is 0 Å². The molecule has 7 heteroatoms. The maximum Gasteiger partial charge on any atom is 0.242 e. The van der Waals surface area contributed by atoms with Gasteiger partial charge in [-0.2, -0.15) is 0 Å². The van der Waals surface area contributed by atoms with Crippen LogP contribution in [0.2, 0.25) is 0 Å². The van der Waals surface area contributed by atoms with Gasteiger partial charge in [0.1, 0.15) is 11.9 Å². The third kappa shape index (κ3) is 4.35. The number of aromatic nitrogens is 1. The molecule has 1 saturated heterocycles. The first-order valence-corrected chi connectivity index (χ1v) is 9.31. The molecular formula is C18H23FN4OS. The van der Waals surface area contributed by atoms with Crippen LogP contribution in [0.25, 0.3) is 0 Å². The normalized spacial score (nSPS) is 15.6. The minimum Gasteiger partial charge on any atom is -0.349 e. The number of carbonyl (C=O) groups excluding carboxylic acids is 1. The highest BCUT2D eigenvalue weighted by molar-refractivity contribution is 7.13. The van der Waals surface area contributed by atoms with E-state index in [9.17, 15) is 9.18 Å². The maximum atomic E-state index is 13.1. The van der Waals surface area contributed by atoms with Crippen LogP contribution in [0, 0.1) is 5.82 Å². The summed E-state index contributed by atoms with van der Waals surface area (Å²) in [6, 6.07) is 5.59. The Morgan fingerprint density at radius 1 is 1.32 bits per heavy atom. The molecule has 1 N–H and O–H groups in total. The Bertz CT molecular complexity index is 710. The number of nitrogens with zero attached hydrogens (tertiary/aromatic N) is 3. The number of hydrogen-bond donors (Lipinski definition) is 1. The van der Waals surface area contributed by atoms with E-state index in [0.29, 0.717) is 6.54 Å². The van der Waals surface area contributed by atoms with E-state index >= 15 is 0 Å². The average molecular weight is 362 g/mol. The number of carbonyl (C=O) groups is 1. The number of amides is 1. The number of anilines is 1. The van der Waals surface area contributed by atoms with Gasteiger partial charge in [0.15, 0.2) is 5.13 Å². The van der Waals surface area contributed by atoms with Gasteiger partial charge in [-0.1, -0.05) is 12.1 Å². The topological polar surface area (TPSA) is 48.5 Å². The first-order valence-electron chi connectivity index (χ1n) is 8.43. The molecule has 1 aromatic heterocycles. The molecule has 134 valence electrons. The zero-order valence-corrected chi connectivity index (χ0v) is 15.4. The zero-order chi connectivity index (χ0) is 17.8. The van der Waals surface area contributed by atoms with Gasteiger partial charge < -0.3 is 10.2 Å². The van der Waals surface area contributed by atoms with Gasteiger partial charge in [0.2, 0.25) is 5.91 Å². The fourth-order valence-electron chi connectivity index (χ4n) is 3.03. The van der Waals surface area contributed by atoms with Gasteiger partial charge in [-0.3, -0.25) is 9.69 Å². The minimum absolute atomic E-state index is 0.118. The lowest BCUT2D eigenvalue weighted by atomic mass is 10.1. The largest absolute Gasteiger partial charge is 0.349 e. The second-order valence-corrected chi connectivity index (χ2v) is 7.29. The van der Waals surface area contributed by atoms with Gasteiger partial charge in [0.25, 0.3) is 0 Å². The molecule has 0 bridgehead atoms. The van der Waals surface area contributed by atoms with Crippen molar-refractivity contribution in [1.82, 2.24) is 15.2 Å². The van der Waals surface area contributed by atoms with Crippen molar-refractivity contribution in [3.63, 3.8) is 0 Å². The summed E-state index contributed by atoms with van der Waals surface area (Å²) in [5, 5.41) is 5.98. The molecule has 25 heavy (non-hydrogen) atoms. The van der Waals surface area contributed by atoms with Gasteiger partial charge in [-0.05, 0) is 44.6 Å². The van der Waals surface area contributed by atoms with Crippen molar-refractivity contribution in [3.8, 4) is 0 Å². The molecular weight excluding hydrogens is 339 g/mol. The van der Waals surface area contributed by atoms with E-state index in [1.165, 1.54) is 25.0 Å². The van der Waals surface area contributed by atoms with E-state index in [0.717, 1.165) is 29.5 Å². The van der Waals surface area contributed by atoms with Crippen molar-refractivity contribution >= 4 is 22.4 Å². The zero-order valence-electron chi connectivity index (χ0n) is 14.5. The molecule has 0 spiro atoms. The van der Waals surface area contributed by atoms with Crippen molar-refractivity contribution in [2.75, 3.05) is 32.1 Å². The van der Waals surface area contributed by atoms with E-state index in [1.807, 2.05) is 24.4 Å². The molecule has 2 aromatic rings. The molecule has 1 atom stereocenters. The number of benzene rings is 1. The molecule has 1 amide bonds. The Labute approximate surface area is 151 Å². The number of likely N-dealkylation sites (N-methyl/N-ethyl adjacent to an activating group) is 1. The number of hydrogen-bond acceptors (Lipinski definition) is 5. The Kier molecular flexibility index (Phi) is 5.65. The molecule has 5 nitrogen and oxygen atoms in total. The van der Waals surface area contributed by atoms with Gasteiger partial charge in [-0.25, -0.2) is 9.37 Å². The summed E-state index contributed by atoms with van der Waals surface area (Å²) in [5.74, 6) is -0.425. The quantitative estimate of drug-likeness (QED) is 0.858. The maximum absolute atomic E-state index is 13.1. The monoisotopic (exact) mass is 362 g/mol. The minimum atomic E-state index is -0.461. The van der Waals surface area contributed by atoms with E-state index in [1.54, 1.807) is 23.5 Å². The van der Waals surface area contributed by atoms with Crippen LogP contribution in [-0.2, 0) is 11.3 Å². The highest BCUT2D eigenvalue weighted by Gasteiger charge is 2.23. The molecule has 2 heterocycles. The summed E-state index contributed by atoms with van der Waals surface area (Å²) < 4.78 is 13.1. The lowest BCUT2D eigenvalue weighted by Gasteiger charge is -2.23. The van der Waals surface area contributed by atoms with Crippen LogP contribution in [0.5, 0.6) is 0 Å². The van der Waals surface area contributed by atoms with E-state index in [2.05, 4.69) is 15.2 Å². The Hall–Kier alpha value is -1.99. The molecule has 0 radical (unpaired) electrons. The number of rotatable bonds is 6. The van der Waals surface area contributed by atoms with Gasteiger partial charge >= 0.3 is 0 Å². The smallest absolute Gasteiger partial charge is 0.242 e. The van der Waals surface area contributed by atoms with Crippen molar-refractivity contribution in [1.29, 1.82) is 0 Å². The highest BCUT2D eigenvalue weighted by atomic mass is 32.1. The van der Waals surface area contributed by atoms with E-state index in [4.69, 9.17) is 0 Å². The van der Waals surface area contributed by atoms with Crippen molar-refractivity contribution < 1.29 is 9.18 Å². The average Bonchev–Trinajstić information content (AvgIpc) is 3.26. The van der Waals surface area contributed by atoms with Crippen LogP contribution in [0.3, 0.4) is 0 Å². The molecule has 1 aliphatic rings. The standard InChI is InChI=1S/C18H23FN4OS/c1-22(2)16(13-5-7-14(19)8-6-13)17(24)20-11-15-12-25-18(21-15)23-9-3-4-10-23/h5-8,12,16H,3-4,9-11H2,1-2H3,(H,20,24). The van der Waals surface area contributed by atoms with E-state index in [-0.39, 0.29) is 11.7 Å². The predicted octanol–water partition coefficient (Wildman–Crippen LogP) is 2.80. The van der Waals surface area contributed by atoms with Gasteiger partial charge in [-0.15, -0.1) is 11.3 Å². The van der Waals surface area contributed by atoms with Crippen LogP contribution in [-0.4, -0.2) is 43.0 Å². The predicted molar refractivity (Wildman–Crippen MR) is 98.2 cm³/mol. The first-order chi connectivity index (χ1) is 12.0. The van der Waals surface area contributed by atoms with Crippen molar-refractivity contribution in [2.45, 2.75) is 25.4 Å². The number of halogens is 1. The second kappa shape index (κ2) is 7.93. The number of thiazole rings is 1. The third-order valence-corrected chi connectivity index (χ3v) is 5.26. The third-order valence-electron chi connectivity index (χ3n) is 4.31. The fourth-order valence-corrected chi connectivity index (χ4v) is 3.91. The SMILES string of the molecule is CN(C)C(C(=O)NCc1csc(N2CCCC2)n1)c1ccc(F)cc1. The molecule has 0 aliphatic carbocycles. The first kappa shape index (κ1) is 17.8. The Balaban J connectivity index is 1.62. The summed E-state index contributed by atoms with van der Waals surface area (Å²) in [4.78, 5) is 21.4. The lowest BCUT2D eigenvalue weighted by molar-refractivity contribution is -0.126. The molecule has 1 fully saturated rings. The molecule has 1 aliphatic heterocycles. The van der Waals surface area contributed by atoms with Crippen LogP contribution in [0.1, 0.15) is 30.1 Å². The van der Waals surface area contributed by atoms with Gasteiger partial charge in [0.05, 0.1) is 12.2 Å². The Morgan fingerprint density at radius 3 is 2.64 bits per heavy atom. The van der Waals surface area contributed by atoms with Crippen LogP contribution < -0.4 is 10.2 Å². The van der Waals surface area contributed by atoms with Crippen molar-refractivity contribution in [3.05, 3.63) is 46.7 Å². The summed E-state index contributed by atoms with van der Waals surface area (Å²) >= 11 is 1.62. The highest BCUT2D eigenvalue weighted by Crippen LogP contribution is 2.24. The van der Waals surface area contributed by atoms with Crippen LogP contribution in [0.15, 0.2) is 29.6 Å².